The van der Waals surface area contributed by atoms with E-state index in [1.54, 1.807) is 11.3 Å². The first-order valence-electron chi connectivity index (χ1n) is 6.17. The molecule has 0 unspecified atom stereocenters. The van der Waals surface area contributed by atoms with Crippen molar-refractivity contribution in [2.24, 2.45) is 5.73 Å². The fourth-order valence-electron chi connectivity index (χ4n) is 1.97. The van der Waals surface area contributed by atoms with Crippen molar-refractivity contribution in [1.29, 1.82) is 0 Å². The predicted octanol–water partition coefficient (Wildman–Crippen LogP) is 3.94. The third-order valence-electron chi connectivity index (χ3n) is 2.99. The molecule has 0 radical (unpaired) electrons. The molecule has 19 heavy (non-hydrogen) atoms. The third kappa shape index (κ3) is 2.57. The number of nitrogens with zero attached hydrogens (tertiary/aromatic N) is 1. The molecule has 0 aliphatic heterocycles. The molecule has 3 aromatic rings. The second-order valence-corrected chi connectivity index (χ2v) is 5.39. The second-order valence-electron chi connectivity index (χ2n) is 4.28. The molecule has 2 nitrogen and oxygen atoms in total. The minimum absolute atomic E-state index is 0.555. The van der Waals surface area contributed by atoms with E-state index >= 15 is 0 Å². The largest absolute Gasteiger partial charge is 0.326 e. The number of nitrogens with two attached hydrogens (primary N) is 1. The summed E-state index contributed by atoms with van der Waals surface area (Å²) in [5.41, 5.74) is 9.21. The molecule has 0 aliphatic rings. The summed E-state index contributed by atoms with van der Waals surface area (Å²) in [7, 11) is 0. The van der Waals surface area contributed by atoms with Gasteiger partial charge >= 0.3 is 0 Å². The quantitative estimate of drug-likeness (QED) is 0.780. The number of hydrogen-bond donors (Lipinski definition) is 1. The highest BCUT2D eigenvalue weighted by atomic mass is 32.1. The van der Waals surface area contributed by atoms with Crippen LogP contribution in [0.25, 0.3) is 21.7 Å². The average Bonchev–Trinajstić information content (AvgIpc) is 2.97. The summed E-state index contributed by atoms with van der Waals surface area (Å²) in [5, 5.41) is 1.03. The number of benzene rings is 2. The molecule has 3 heteroatoms. The lowest BCUT2D eigenvalue weighted by Gasteiger charge is -2.02. The smallest absolute Gasteiger partial charge is 0.123 e. The predicted molar refractivity (Wildman–Crippen MR) is 80.9 cm³/mol. The molecule has 2 N–H and O–H groups in total. The Morgan fingerprint density at radius 3 is 2.11 bits per heavy atom. The Morgan fingerprint density at radius 1 is 0.842 bits per heavy atom. The molecule has 1 heterocycles. The Labute approximate surface area is 116 Å². The first-order chi connectivity index (χ1) is 9.36. The van der Waals surface area contributed by atoms with Crippen LogP contribution in [0, 0.1) is 0 Å². The van der Waals surface area contributed by atoms with Gasteiger partial charge in [-0.05, 0) is 11.1 Å². The third-order valence-corrected chi connectivity index (χ3v) is 4.06. The van der Waals surface area contributed by atoms with Crippen molar-refractivity contribution >= 4 is 11.3 Å². The van der Waals surface area contributed by atoms with Gasteiger partial charge in [-0.3, -0.25) is 0 Å². The van der Waals surface area contributed by atoms with E-state index in [4.69, 9.17) is 5.73 Å². The molecule has 2 aromatic carbocycles. The van der Waals surface area contributed by atoms with Gasteiger partial charge < -0.3 is 5.73 Å². The molecular formula is C16H14N2S. The van der Waals surface area contributed by atoms with Crippen LogP contribution in [-0.4, -0.2) is 4.98 Å². The van der Waals surface area contributed by atoms with E-state index in [1.807, 2.05) is 12.3 Å². The maximum absolute atomic E-state index is 5.61. The zero-order valence-electron chi connectivity index (χ0n) is 10.4. The first-order valence-corrected chi connectivity index (χ1v) is 6.99. The van der Waals surface area contributed by atoms with Crippen molar-refractivity contribution in [3.05, 3.63) is 65.7 Å². The maximum atomic E-state index is 5.61. The molecule has 0 atom stereocenters. The highest BCUT2D eigenvalue weighted by molar-refractivity contribution is 7.15. The monoisotopic (exact) mass is 266 g/mol. The SMILES string of the molecule is NCc1cnc(-c2ccc(-c3ccccc3)cc2)s1. The Kier molecular flexibility index (Phi) is 3.40. The highest BCUT2D eigenvalue weighted by Crippen LogP contribution is 2.27. The van der Waals surface area contributed by atoms with E-state index in [2.05, 4.69) is 53.5 Å². The zero-order valence-corrected chi connectivity index (χ0v) is 11.2. The summed E-state index contributed by atoms with van der Waals surface area (Å²) in [4.78, 5) is 5.51. The standard InChI is InChI=1S/C16H14N2S/c17-10-15-11-18-16(19-15)14-8-6-13(7-9-14)12-4-2-1-3-5-12/h1-9,11H,10,17H2. The lowest BCUT2D eigenvalue weighted by Crippen LogP contribution is -1.91. The molecule has 3 rings (SSSR count). The van der Waals surface area contributed by atoms with Crippen molar-refractivity contribution in [2.45, 2.75) is 6.54 Å². The summed E-state index contributed by atoms with van der Waals surface area (Å²) >= 11 is 1.65. The van der Waals surface area contributed by atoms with Gasteiger partial charge in [0.05, 0.1) is 0 Å². The fourth-order valence-corrected chi connectivity index (χ4v) is 2.77. The topological polar surface area (TPSA) is 38.9 Å². The van der Waals surface area contributed by atoms with E-state index in [0.717, 1.165) is 15.4 Å². The van der Waals surface area contributed by atoms with E-state index in [0.29, 0.717) is 6.54 Å². The molecule has 0 aliphatic carbocycles. The van der Waals surface area contributed by atoms with Crippen LogP contribution in [0.1, 0.15) is 4.88 Å². The molecule has 0 spiro atoms. The van der Waals surface area contributed by atoms with Gasteiger partial charge in [-0.15, -0.1) is 11.3 Å². The summed E-state index contributed by atoms with van der Waals surface area (Å²) in [6.45, 7) is 0.555. The van der Waals surface area contributed by atoms with Gasteiger partial charge in [0.25, 0.3) is 0 Å². The summed E-state index contributed by atoms with van der Waals surface area (Å²) in [6, 6.07) is 18.9. The highest BCUT2D eigenvalue weighted by Gasteiger charge is 2.04. The van der Waals surface area contributed by atoms with Gasteiger partial charge in [-0.2, -0.15) is 0 Å². The minimum atomic E-state index is 0.555. The van der Waals surface area contributed by atoms with Crippen LogP contribution in [0.5, 0.6) is 0 Å². The van der Waals surface area contributed by atoms with Crippen LogP contribution in [0.4, 0.5) is 0 Å². The lowest BCUT2D eigenvalue weighted by atomic mass is 10.0. The van der Waals surface area contributed by atoms with Crippen molar-refractivity contribution in [2.75, 3.05) is 0 Å². The molecule has 0 saturated carbocycles. The molecule has 0 fully saturated rings. The number of aromatic nitrogens is 1. The van der Waals surface area contributed by atoms with Gasteiger partial charge in [-0.1, -0.05) is 54.6 Å². The van der Waals surface area contributed by atoms with Crippen molar-refractivity contribution < 1.29 is 0 Å². The van der Waals surface area contributed by atoms with E-state index < -0.39 is 0 Å². The minimum Gasteiger partial charge on any atom is -0.326 e. The fraction of sp³-hybridized carbons (Fsp3) is 0.0625. The van der Waals surface area contributed by atoms with Crippen molar-refractivity contribution in [3.63, 3.8) is 0 Å². The zero-order chi connectivity index (χ0) is 13.1. The molecule has 1 aromatic heterocycles. The number of rotatable bonds is 3. The Morgan fingerprint density at radius 2 is 1.47 bits per heavy atom. The first kappa shape index (κ1) is 12.1. The second kappa shape index (κ2) is 5.34. The molecule has 0 bridgehead atoms. The lowest BCUT2D eigenvalue weighted by molar-refractivity contribution is 1.10. The number of hydrogen-bond acceptors (Lipinski definition) is 3. The van der Waals surface area contributed by atoms with Crippen LogP contribution in [0.3, 0.4) is 0 Å². The van der Waals surface area contributed by atoms with E-state index in [-0.39, 0.29) is 0 Å². The molecule has 94 valence electrons. The van der Waals surface area contributed by atoms with Crippen LogP contribution >= 0.6 is 11.3 Å². The number of thiazole rings is 1. The normalized spacial score (nSPS) is 10.6. The van der Waals surface area contributed by atoms with Crippen LogP contribution in [0.2, 0.25) is 0 Å². The van der Waals surface area contributed by atoms with Gasteiger partial charge in [0.1, 0.15) is 5.01 Å². The van der Waals surface area contributed by atoms with Crippen molar-refractivity contribution in [1.82, 2.24) is 4.98 Å². The van der Waals surface area contributed by atoms with Crippen LogP contribution in [0.15, 0.2) is 60.8 Å². The summed E-state index contributed by atoms with van der Waals surface area (Å²) in [6.07, 6.45) is 1.85. The van der Waals surface area contributed by atoms with Crippen LogP contribution < -0.4 is 5.73 Å². The van der Waals surface area contributed by atoms with Gasteiger partial charge in [-0.25, -0.2) is 4.98 Å². The van der Waals surface area contributed by atoms with Crippen LogP contribution in [-0.2, 0) is 6.54 Å². The Hall–Kier alpha value is -1.97. The molecular weight excluding hydrogens is 252 g/mol. The van der Waals surface area contributed by atoms with E-state index in [1.165, 1.54) is 11.1 Å². The van der Waals surface area contributed by atoms with Gasteiger partial charge in [0.15, 0.2) is 0 Å². The van der Waals surface area contributed by atoms with Gasteiger partial charge in [0.2, 0.25) is 0 Å². The summed E-state index contributed by atoms with van der Waals surface area (Å²) < 4.78 is 0. The maximum Gasteiger partial charge on any atom is 0.123 e. The Bertz CT molecular complexity index is 657. The average molecular weight is 266 g/mol. The molecule has 0 saturated heterocycles. The Balaban J connectivity index is 1.90. The van der Waals surface area contributed by atoms with Crippen molar-refractivity contribution in [3.8, 4) is 21.7 Å². The van der Waals surface area contributed by atoms with E-state index in [9.17, 15) is 0 Å². The summed E-state index contributed by atoms with van der Waals surface area (Å²) in [5.74, 6) is 0. The van der Waals surface area contributed by atoms with Gasteiger partial charge in [0, 0.05) is 23.2 Å². The molecule has 0 amide bonds.